The van der Waals surface area contributed by atoms with Crippen LogP contribution in [0.1, 0.15) is 22.8 Å². The zero-order valence-corrected chi connectivity index (χ0v) is 18.1. The Kier molecular flexibility index (Phi) is 7.60. The second-order valence-electron chi connectivity index (χ2n) is 6.80. The molecule has 33 heavy (non-hydrogen) atoms. The van der Waals surface area contributed by atoms with Gasteiger partial charge in [-0.25, -0.2) is 18.0 Å². The van der Waals surface area contributed by atoms with E-state index in [1.54, 1.807) is 0 Å². The summed E-state index contributed by atoms with van der Waals surface area (Å²) < 4.78 is 87.5. The fraction of sp³-hybridized carbons (Fsp3) is 0.500. The summed E-state index contributed by atoms with van der Waals surface area (Å²) in [6, 6.07) is 2.98. The predicted octanol–water partition coefficient (Wildman–Crippen LogP) is 1.03. The maximum Gasteiger partial charge on any atom is 0.508 e. The standard InChI is InChI=1S/C18H19F3O11S/c1-9(22)30-15-13(32-14(23)10-5-4-6-11(7-10)18(19,20)21)17(25,33(3,26)27)12(31-15)8-29-16(24)28-2/h4-7,12-13,15,25H,8H2,1-3H3/t12-,13+,15?,17-/m1/s1. The summed E-state index contributed by atoms with van der Waals surface area (Å²) >= 11 is 0. The van der Waals surface area contributed by atoms with E-state index >= 15 is 0 Å². The van der Waals surface area contributed by atoms with Gasteiger partial charge < -0.3 is 28.8 Å². The fourth-order valence-electron chi connectivity index (χ4n) is 2.92. The second-order valence-corrected chi connectivity index (χ2v) is 8.99. The number of rotatable bonds is 6. The largest absolute Gasteiger partial charge is 0.508 e. The van der Waals surface area contributed by atoms with Gasteiger partial charge in [0.1, 0.15) is 12.7 Å². The Balaban J connectivity index is 2.45. The van der Waals surface area contributed by atoms with Crippen molar-refractivity contribution in [3.05, 3.63) is 35.4 Å². The molecule has 0 aliphatic carbocycles. The van der Waals surface area contributed by atoms with E-state index in [-0.39, 0.29) is 0 Å². The first-order valence-corrected chi connectivity index (χ1v) is 10.8. The topological polar surface area (TPSA) is 152 Å². The van der Waals surface area contributed by atoms with Crippen molar-refractivity contribution < 1.29 is 64.8 Å². The summed E-state index contributed by atoms with van der Waals surface area (Å²) in [4.78, 5) is 32.1. The Labute approximate surface area is 185 Å². The smallest absolute Gasteiger partial charge is 0.448 e. The molecule has 1 unspecified atom stereocenters. The van der Waals surface area contributed by atoms with Gasteiger partial charge in [0.05, 0.1) is 18.2 Å². The summed E-state index contributed by atoms with van der Waals surface area (Å²) in [6.45, 7) is -0.0432. The van der Waals surface area contributed by atoms with E-state index < -0.39 is 75.3 Å². The van der Waals surface area contributed by atoms with Crippen LogP contribution in [0, 0.1) is 0 Å². The highest BCUT2D eigenvalue weighted by atomic mass is 32.2. The molecule has 0 radical (unpaired) electrons. The zero-order chi connectivity index (χ0) is 25.2. The maximum atomic E-state index is 13.0. The minimum absolute atomic E-state index is 0.441. The van der Waals surface area contributed by atoms with Crippen LogP contribution in [0.2, 0.25) is 0 Å². The van der Waals surface area contributed by atoms with Crippen LogP contribution >= 0.6 is 0 Å². The van der Waals surface area contributed by atoms with Crippen LogP contribution in [-0.2, 0) is 44.5 Å². The van der Waals surface area contributed by atoms with E-state index in [0.29, 0.717) is 18.4 Å². The van der Waals surface area contributed by atoms with Crippen LogP contribution in [0.15, 0.2) is 24.3 Å². The van der Waals surface area contributed by atoms with Gasteiger partial charge in [-0.3, -0.25) is 4.79 Å². The number of ether oxygens (including phenoxy) is 5. The molecule has 1 aromatic carbocycles. The molecule has 1 N–H and O–H groups in total. The number of hydrogen-bond acceptors (Lipinski definition) is 11. The Hall–Kier alpha value is -2.91. The molecular weight excluding hydrogens is 481 g/mol. The number of sulfone groups is 1. The average Bonchev–Trinajstić information content (AvgIpc) is 2.97. The maximum absolute atomic E-state index is 13.0. The normalized spacial score (nSPS) is 25.2. The Morgan fingerprint density at radius 2 is 1.85 bits per heavy atom. The van der Waals surface area contributed by atoms with Crippen molar-refractivity contribution in [3.63, 3.8) is 0 Å². The van der Waals surface area contributed by atoms with Crippen LogP contribution < -0.4 is 0 Å². The van der Waals surface area contributed by atoms with Gasteiger partial charge in [0, 0.05) is 13.2 Å². The van der Waals surface area contributed by atoms with Crippen molar-refractivity contribution in [1.29, 1.82) is 0 Å². The van der Waals surface area contributed by atoms with Gasteiger partial charge in [0.15, 0.2) is 9.84 Å². The summed E-state index contributed by atoms with van der Waals surface area (Å²) in [5, 5.41) is 11.0. The van der Waals surface area contributed by atoms with Crippen molar-refractivity contribution >= 4 is 27.9 Å². The first-order valence-electron chi connectivity index (χ1n) is 8.95. The van der Waals surface area contributed by atoms with Gasteiger partial charge >= 0.3 is 24.3 Å². The molecular formula is C18H19F3O11S. The third-order valence-electron chi connectivity index (χ3n) is 4.47. The van der Waals surface area contributed by atoms with Gasteiger partial charge in [0.2, 0.25) is 17.3 Å². The van der Waals surface area contributed by atoms with Gasteiger partial charge in [-0.05, 0) is 18.2 Å². The molecule has 184 valence electrons. The molecule has 0 saturated carbocycles. The lowest BCUT2D eigenvalue weighted by molar-refractivity contribution is -0.188. The number of methoxy groups -OCH3 is 1. The van der Waals surface area contributed by atoms with Gasteiger partial charge in [-0.2, -0.15) is 13.2 Å². The lowest BCUT2D eigenvalue weighted by Crippen LogP contribution is -2.57. The van der Waals surface area contributed by atoms with E-state index in [1.165, 1.54) is 0 Å². The van der Waals surface area contributed by atoms with Crippen molar-refractivity contribution in [2.45, 2.75) is 36.5 Å². The fourth-order valence-corrected chi connectivity index (χ4v) is 4.10. The number of esters is 2. The van der Waals surface area contributed by atoms with E-state index in [0.717, 1.165) is 26.2 Å². The molecule has 0 bridgehead atoms. The minimum Gasteiger partial charge on any atom is -0.448 e. The zero-order valence-electron chi connectivity index (χ0n) is 17.3. The number of aliphatic hydroxyl groups is 1. The van der Waals surface area contributed by atoms with Crippen molar-refractivity contribution in [2.24, 2.45) is 0 Å². The molecule has 0 amide bonds. The first kappa shape index (κ1) is 26.3. The molecule has 0 aromatic heterocycles. The third-order valence-corrected chi connectivity index (χ3v) is 6.15. The molecule has 1 aromatic rings. The Bertz CT molecular complexity index is 1020. The molecule has 1 aliphatic heterocycles. The summed E-state index contributed by atoms with van der Waals surface area (Å²) in [5.74, 6) is -2.52. The summed E-state index contributed by atoms with van der Waals surface area (Å²) in [6.07, 6.45) is -11.7. The number of hydrogen-bond donors (Lipinski definition) is 1. The number of carbonyl (C=O) groups excluding carboxylic acids is 3. The Morgan fingerprint density at radius 1 is 1.21 bits per heavy atom. The van der Waals surface area contributed by atoms with Crippen molar-refractivity contribution in [1.82, 2.24) is 0 Å². The van der Waals surface area contributed by atoms with Crippen LogP contribution in [0.5, 0.6) is 0 Å². The molecule has 1 heterocycles. The number of benzene rings is 1. The summed E-state index contributed by atoms with van der Waals surface area (Å²) in [5.41, 5.74) is -1.84. The molecule has 1 aliphatic rings. The van der Waals surface area contributed by atoms with Crippen molar-refractivity contribution in [3.8, 4) is 0 Å². The number of alkyl halides is 3. The lowest BCUT2D eigenvalue weighted by atomic mass is 10.1. The van der Waals surface area contributed by atoms with Crippen LogP contribution in [0.4, 0.5) is 18.0 Å². The van der Waals surface area contributed by atoms with E-state index in [2.05, 4.69) is 9.47 Å². The molecule has 11 nitrogen and oxygen atoms in total. The minimum atomic E-state index is -4.79. The molecule has 1 saturated heterocycles. The van der Waals surface area contributed by atoms with Crippen LogP contribution in [-0.4, -0.2) is 75.0 Å². The number of halogens is 3. The molecule has 2 rings (SSSR count). The van der Waals surface area contributed by atoms with Crippen molar-refractivity contribution in [2.75, 3.05) is 20.0 Å². The summed E-state index contributed by atoms with van der Waals surface area (Å²) in [7, 11) is -3.69. The highest BCUT2D eigenvalue weighted by molar-refractivity contribution is 7.92. The van der Waals surface area contributed by atoms with Crippen LogP contribution in [0.25, 0.3) is 0 Å². The molecule has 0 spiro atoms. The second kappa shape index (κ2) is 9.52. The number of carbonyl (C=O) groups is 3. The molecule has 4 atom stereocenters. The van der Waals surface area contributed by atoms with E-state index in [1.807, 2.05) is 0 Å². The SMILES string of the molecule is COC(=O)OC[C@H]1OC(OC(C)=O)[C@H](OC(=O)c2cccc(C(F)(F)F)c2)[C@]1(O)S(C)(=O)=O. The van der Waals surface area contributed by atoms with Gasteiger partial charge in [-0.15, -0.1) is 0 Å². The monoisotopic (exact) mass is 500 g/mol. The highest BCUT2D eigenvalue weighted by Gasteiger charge is 2.66. The van der Waals surface area contributed by atoms with E-state index in [4.69, 9.17) is 14.2 Å². The quantitative estimate of drug-likeness (QED) is 0.440. The lowest BCUT2D eigenvalue weighted by Gasteiger charge is -2.30. The van der Waals surface area contributed by atoms with Gasteiger partial charge in [0.25, 0.3) is 0 Å². The first-order chi connectivity index (χ1) is 15.1. The Morgan fingerprint density at radius 3 is 2.36 bits per heavy atom. The highest BCUT2D eigenvalue weighted by Crippen LogP contribution is 2.39. The molecule has 1 fully saturated rings. The van der Waals surface area contributed by atoms with Crippen LogP contribution in [0.3, 0.4) is 0 Å². The third kappa shape index (κ3) is 5.72. The average molecular weight is 500 g/mol. The predicted molar refractivity (Wildman–Crippen MR) is 99.2 cm³/mol. The van der Waals surface area contributed by atoms with Gasteiger partial charge in [-0.1, -0.05) is 6.07 Å². The van der Waals surface area contributed by atoms with E-state index in [9.17, 15) is 41.1 Å². The molecule has 15 heteroatoms.